The van der Waals surface area contributed by atoms with E-state index in [0.717, 1.165) is 22.4 Å². The minimum absolute atomic E-state index is 0.110. The Bertz CT molecular complexity index is 641. The maximum atomic E-state index is 9.08. The van der Waals surface area contributed by atoms with E-state index in [4.69, 9.17) is 15.6 Å². The van der Waals surface area contributed by atoms with Gasteiger partial charge >= 0.3 is 0 Å². The highest BCUT2D eigenvalue weighted by molar-refractivity contribution is 5.42. The van der Waals surface area contributed by atoms with Crippen LogP contribution in [0.4, 0.5) is 0 Å². The molecule has 0 heterocycles. The molecule has 0 saturated heterocycles. The first-order chi connectivity index (χ1) is 10.3. The van der Waals surface area contributed by atoms with Gasteiger partial charge in [0.2, 0.25) is 0 Å². The second-order valence-electron chi connectivity index (χ2n) is 4.53. The number of aliphatic hydroxyl groups is 1. The van der Waals surface area contributed by atoms with Gasteiger partial charge in [-0.15, -0.1) is 0 Å². The number of benzene rings is 2. The third-order valence-electron chi connectivity index (χ3n) is 3.08. The van der Waals surface area contributed by atoms with Crippen molar-refractivity contribution in [3.8, 4) is 17.6 Å². The predicted octanol–water partition coefficient (Wildman–Crippen LogP) is 2.11. The molecule has 0 saturated carbocycles. The molecule has 0 aliphatic heterocycles. The van der Waals surface area contributed by atoms with E-state index in [0.29, 0.717) is 19.6 Å². The topological polar surface area (TPSA) is 55.5 Å². The van der Waals surface area contributed by atoms with Gasteiger partial charge in [-0.25, -0.2) is 0 Å². The van der Waals surface area contributed by atoms with Crippen LogP contribution in [0.15, 0.2) is 48.5 Å². The molecule has 0 fully saturated rings. The summed E-state index contributed by atoms with van der Waals surface area (Å²) < 4.78 is 5.89. The molecule has 0 atom stereocenters. The minimum Gasteiger partial charge on any atom is -0.489 e. The largest absolute Gasteiger partial charge is 0.489 e. The molecule has 0 amide bonds. The van der Waals surface area contributed by atoms with Gasteiger partial charge in [0.1, 0.15) is 12.4 Å². The first-order valence-electron chi connectivity index (χ1n) is 6.93. The molecule has 0 unspecified atom stereocenters. The SMILES string of the molecule is NCC#Cc1ccccc1COc1ccccc1CCO. The molecule has 0 spiro atoms. The van der Waals surface area contributed by atoms with Gasteiger partial charge in [0.25, 0.3) is 0 Å². The van der Waals surface area contributed by atoms with Crippen LogP contribution in [0, 0.1) is 11.8 Å². The summed E-state index contributed by atoms with van der Waals surface area (Å²) in [5.41, 5.74) is 8.38. The Balaban J connectivity index is 2.13. The lowest BCUT2D eigenvalue weighted by Crippen LogP contribution is -2.02. The maximum Gasteiger partial charge on any atom is 0.123 e. The molecule has 21 heavy (non-hydrogen) atoms. The van der Waals surface area contributed by atoms with Gasteiger partial charge in [0.15, 0.2) is 0 Å². The van der Waals surface area contributed by atoms with Crippen LogP contribution >= 0.6 is 0 Å². The van der Waals surface area contributed by atoms with E-state index >= 15 is 0 Å². The summed E-state index contributed by atoms with van der Waals surface area (Å²) >= 11 is 0. The Morgan fingerprint density at radius 2 is 1.71 bits per heavy atom. The number of rotatable bonds is 5. The van der Waals surface area contributed by atoms with Crippen molar-refractivity contribution in [2.24, 2.45) is 5.73 Å². The van der Waals surface area contributed by atoms with Gasteiger partial charge < -0.3 is 15.6 Å². The summed E-state index contributed by atoms with van der Waals surface area (Å²) in [4.78, 5) is 0. The molecule has 0 aliphatic rings. The lowest BCUT2D eigenvalue weighted by Gasteiger charge is -2.11. The quantitative estimate of drug-likeness (QED) is 0.825. The third kappa shape index (κ3) is 4.35. The zero-order chi connectivity index (χ0) is 14.9. The molecule has 3 nitrogen and oxygen atoms in total. The van der Waals surface area contributed by atoms with Crippen molar-refractivity contribution in [1.82, 2.24) is 0 Å². The fourth-order valence-electron chi connectivity index (χ4n) is 2.04. The molecule has 108 valence electrons. The van der Waals surface area contributed by atoms with Gasteiger partial charge in [0.05, 0.1) is 6.54 Å². The Morgan fingerprint density at radius 1 is 1.00 bits per heavy atom. The summed E-state index contributed by atoms with van der Waals surface area (Å²) in [5.74, 6) is 6.72. The monoisotopic (exact) mass is 281 g/mol. The number of hydrogen-bond donors (Lipinski definition) is 2. The van der Waals surface area contributed by atoms with Crippen molar-refractivity contribution in [2.75, 3.05) is 13.2 Å². The first-order valence-corrected chi connectivity index (χ1v) is 6.93. The lowest BCUT2D eigenvalue weighted by molar-refractivity contribution is 0.284. The summed E-state index contributed by atoms with van der Waals surface area (Å²) in [6, 6.07) is 15.6. The molecule has 3 N–H and O–H groups in total. The number of para-hydroxylation sites is 1. The van der Waals surface area contributed by atoms with Gasteiger partial charge in [0, 0.05) is 17.7 Å². The molecule has 0 bridgehead atoms. The van der Waals surface area contributed by atoms with Crippen LogP contribution in [0.1, 0.15) is 16.7 Å². The van der Waals surface area contributed by atoms with E-state index in [2.05, 4.69) is 11.8 Å². The molecular weight excluding hydrogens is 262 g/mol. The van der Waals surface area contributed by atoms with Gasteiger partial charge in [-0.05, 0) is 24.1 Å². The van der Waals surface area contributed by atoms with Crippen LogP contribution < -0.4 is 10.5 Å². The van der Waals surface area contributed by atoms with Gasteiger partial charge in [-0.1, -0.05) is 48.2 Å². The van der Waals surface area contributed by atoms with E-state index in [-0.39, 0.29) is 6.61 Å². The van der Waals surface area contributed by atoms with Crippen LogP contribution in [-0.2, 0) is 13.0 Å². The average molecular weight is 281 g/mol. The summed E-state index contributed by atoms with van der Waals surface area (Å²) in [6.07, 6.45) is 0.588. The van der Waals surface area contributed by atoms with Crippen molar-refractivity contribution in [3.63, 3.8) is 0 Å². The zero-order valence-corrected chi connectivity index (χ0v) is 11.9. The lowest BCUT2D eigenvalue weighted by atomic mass is 10.1. The molecular formula is C18H19NO2. The molecule has 2 aromatic rings. The fourth-order valence-corrected chi connectivity index (χ4v) is 2.04. The van der Waals surface area contributed by atoms with Crippen LogP contribution in [0.3, 0.4) is 0 Å². The minimum atomic E-state index is 0.110. The summed E-state index contributed by atoms with van der Waals surface area (Å²) in [6.45, 7) is 0.894. The molecule has 2 rings (SSSR count). The first kappa shape index (κ1) is 15.1. The van der Waals surface area contributed by atoms with E-state index in [1.165, 1.54) is 0 Å². The van der Waals surface area contributed by atoms with Crippen LogP contribution in [-0.4, -0.2) is 18.3 Å². The Labute approximate surface area is 125 Å². The summed E-state index contributed by atoms with van der Waals surface area (Å²) in [7, 11) is 0. The standard InChI is InChI=1S/C18H19NO2/c19-12-5-9-15-6-1-2-8-17(15)14-21-18-10-4-3-7-16(18)11-13-20/h1-4,6-8,10,20H,11-14,19H2. The second-order valence-corrected chi connectivity index (χ2v) is 4.53. The number of hydrogen-bond acceptors (Lipinski definition) is 3. The van der Waals surface area contributed by atoms with E-state index in [1.807, 2.05) is 48.5 Å². The highest BCUT2D eigenvalue weighted by atomic mass is 16.5. The molecule has 2 aromatic carbocycles. The molecule has 0 aliphatic carbocycles. The average Bonchev–Trinajstić information content (AvgIpc) is 2.53. The highest BCUT2D eigenvalue weighted by Crippen LogP contribution is 2.20. The number of aliphatic hydroxyl groups excluding tert-OH is 1. The normalized spacial score (nSPS) is 9.81. The summed E-state index contributed by atoms with van der Waals surface area (Å²) in [5, 5.41) is 9.08. The third-order valence-corrected chi connectivity index (χ3v) is 3.08. The second kappa shape index (κ2) is 8.11. The number of nitrogens with two attached hydrogens (primary N) is 1. The predicted molar refractivity (Wildman–Crippen MR) is 83.9 cm³/mol. The van der Waals surface area contributed by atoms with Crippen LogP contribution in [0.5, 0.6) is 5.75 Å². The fraction of sp³-hybridized carbons (Fsp3) is 0.222. The zero-order valence-electron chi connectivity index (χ0n) is 11.9. The molecule has 3 heteroatoms. The van der Waals surface area contributed by atoms with E-state index < -0.39 is 0 Å². The van der Waals surface area contributed by atoms with Crippen molar-refractivity contribution in [3.05, 3.63) is 65.2 Å². The molecule has 0 aromatic heterocycles. The van der Waals surface area contributed by atoms with Crippen LogP contribution in [0.25, 0.3) is 0 Å². The maximum absolute atomic E-state index is 9.08. The van der Waals surface area contributed by atoms with E-state index in [1.54, 1.807) is 0 Å². The van der Waals surface area contributed by atoms with Crippen molar-refractivity contribution in [1.29, 1.82) is 0 Å². The van der Waals surface area contributed by atoms with Crippen molar-refractivity contribution < 1.29 is 9.84 Å². The van der Waals surface area contributed by atoms with E-state index in [9.17, 15) is 0 Å². The van der Waals surface area contributed by atoms with Crippen LogP contribution in [0.2, 0.25) is 0 Å². The van der Waals surface area contributed by atoms with Gasteiger partial charge in [-0.2, -0.15) is 0 Å². The smallest absolute Gasteiger partial charge is 0.123 e. The van der Waals surface area contributed by atoms with Gasteiger partial charge in [-0.3, -0.25) is 0 Å². The van der Waals surface area contributed by atoms with Crippen molar-refractivity contribution >= 4 is 0 Å². The Hall–Kier alpha value is -2.28. The Kier molecular flexibility index (Phi) is 5.83. The number of ether oxygens (including phenoxy) is 1. The van der Waals surface area contributed by atoms with Crippen molar-refractivity contribution in [2.45, 2.75) is 13.0 Å². The molecule has 0 radical (unpaired) electrons. The Morgan fingerprint density at radius 3 is 2.48 bits per heavy atom. The highest BCUT2D eigenvalue weighted by Gasteiger charge is 2.04.